The Morgan fingerprint density at radius 3 is 2.22 bits per heavy atom. The average Bonchev–Trinajstić information content (AvgIpc) is 2.39. The Labute approximate surface area is 108 Å². The van der Waals surface area contributed by atoms with Gasteiger partial charge in [-0.1, -0.05) is 6.07 Å². The summed E-state index contributed by atoms with van der Waals surface area (Å²) in [6, 6.07) is 3.80. The van der Waals surface area contributed by atoms with Crippen molar-refractivity contribution in [2.75, 3.05) is 45.4 Å². The van der Waals surface area contributed by atoms with E-state index in [0.29, 0.717) is 13.2 Å². The van der Waals surface area contributed by atoms with E-state index in [-0.39, 0.29) is 0 Å². The zero-order chi connectivity index (χ0) is 13.4. The van der Waals surface area contributed by atoms with E-state index in [9.17, 15) is 5.11 Å². The summed E-state index contributed by atoms with van der Waals surface area (Å²) >= 11 is 0. The zero-order valence-corrected chi connectivity index (χ0v) is 11.3. The molecule has 0 bridgehead atoms. The van der Waals surface area contributed by atoms with Crippen LogP contribution in [0.4, 0.5) is 5.82 Å². The normalized spacial score (nSPS) is 12.4. The number of pyridine rings is 1. The number of aliphatic hydroxyl groups is 1. The molecule has 18 heavy (non-hydrogen) atoms. The molecule has 102 valence electrons. The van der Waals surface area contributed by atoms with Crippen LogP contribution in [0, 0.1) is 0 Å². The molecule has 0 fully saturated rings. The molecule has 5 heteroatoms. The van der Waals surface area contributed by atoms with E-state index >= 15 is 0 Å². The van der Waals surface area contributed by atoms with Crippen molar-refractivity contribution in [3.63, 3.8) is 0 Å². The Kier molecular flexibility index (Phi) is 6.64. The number of hydrogen-bond acceptors (Lipinski definition) is 5. The van der Waals surface area contributed by atoms with Crippen molar-refractivity contribution < 1.29 is 14.6 Å². The minimum atomic E-state index is -0.488. The van der Waals surface area contributed by atoms with Gasteiger partial charge >= 0.3 is 0 Å². The van der Waals surface area contributed by atoms with Crippen LogP contribution < -0.4 is 4.90 Å². The number of hydrogen-bond donors (Lipinski definition) is 1. The summed E-state index contributed by atoms with van der Waals surface area (Å²) in [5, 5.41) is 9.44. The summed E-state index contributed by atoms with van der Waals surface area (Å²) < 4.78 is 10.2. The Morgan fingerprint density at radius 2 is 1.83 bits per heavy atom. The topological polar surface area (TPSA) is 54.8 Å². The summed E-state index contributed by atoms with van der Waals surface area (Å²) in [5.41, 5.74) is 0.817. The van der Waals surface area contributed by atoms with Gasteiger partial charge < -0.3 is 19.5 Å². The molecular formula is C13H22N2O3. The lowest BCUT2D eigenvalue weighted by Gasteiger charge is -2.23. The third-order valence-electron chi connectivity index (χ3n) is 2.71. The quantitative estimate of drug-likeness (QED) is 0.756. The first kappa shape index (κ1) is 14.9. The minimum absolute atomic E-state index is 0.488. The smallest absolute Gasteiger partial charge is 0.128 e. The molecule has 0 saturated heterocycles. The first-order valence-corrected chi connectivity index (χ1v) is 6.06. The van der Waals surface area contributed by atoms with Crippen molar-refractivity contribution >= 4 is 5.82 Å². The first-order valence-electron chi connectivity index (χ1n) is 6.06. The molecule has 0 amide bonds. The highest BCUT2D eigenvalue weighted by Crippen LogP contribution is 2.15. The van der Waals surface area contributed by atoms with Crippen LogP contribution in [-0.2, 0) is 9.47 Å². The number of aromatic nitrogens is 1. The van der Waals surface area contributed by atoms with E-state index in [4.69, 9.17) is 9.47 Å². The molecule has 0 saturated carbocycles. The van der Waals surface area contributed by atoms with Crippen LogP contribution in [0.5, 0.6) is 0 Å². The van der Waals surface area contributed by atoms with Gasteiger partial charge in [-0.05, 0) is 18.6 Å². The van der Waals surface area contributed by atoms with Crippen LogP contribution in [0.1, 0.15) is 18.6 Å². The molecule has 1 rings (SSSR count). The maximum Gasteiger partial charge on any atom is 0.128 e. The predicted octanol–water partition coefficient (Wildman–Crippen LogP) is 1.23. The Balaban J connectivity index is 2.70. The Hall–Kier alpha value is -1.17. The summed E-state index contributed by atoms with van der Waals surface area (Å²) in [6.07, 6.45) is 1.21. The number of ether oxygens (including phenoxy) is 2. The molecule has 0 aromatic carbocycles. The fourth-order valence-electron chi connectivity index (χ4n) is 1.58. The summed E-state index contributed by atoms with van der Waals surface area (Å²) in [6.45, 7) is 4.54. The van der Waals surface area contributed by atoms with Crippen LogP contribution in [0.25, 0.3) is 0 Å². The molecule has 1 atom stereocenters. The third kappa shape index (κ3) is 4.60. The highest BCUT2D eigenvalue weighted by molar-refractivity contribution is 5.39. The lowest BCUT2D eigenvalue weighted by atomic mass is 10.2. The van der Waals surface area contributed by atoms with Crippen LogP contribution >= 0.6 is 0 Å². The molecule has 0 aliphatic heterocycles. The summed E-state index contributed by atoms with van der Waals surface area (Å²) in [4.78, 5) is 6.46. The lowest BCUT2D eigenvalue weighted by Crippen LogP contribution is -2.31. The van der Waals surface area contributed by atoms with Gasteiger partial charge in [-0.2, -0.15) is 0 Å². The van der Waals surface area contributed by atoms with Gasteiger partial charge in [-0.25, -0.2) is 4.98 Å². The van der Waals surface area contributed by atoms with E-state index in [2.05, 4.69) is 9.88 Å². The van der Waals surface area contributed by atoms with Gasteiger partial charge in [0, 0.05) is 33.5 Å². The number of rotatable bonds is 8. The van der Waals surface area contributed by atoms with Crippen molar-refractivity contribution in [3.05, 3.63) is 23.9 Å². The highest BCUT2D eigenvalue weighted by atomic mass is 16.5. The van der Waals surface area contributed by atoms with Crippen LogP contribution in [-0.4, -0.2) is 50.6 Å². The van der Waals surface area contributed by atoms with Gasteiger partial charge in [-0.15, -0.1) is 0 Å². The van der Waals surface area contributed by atoms with Crippen molar-refractivity contribution in [3.8, 4) is 0 Å². The van der Waals surface area contributed by atoms with Gasteiger partial charge in [-0.3, -0.25) is 0 Å². The number of anilines is 1. The fourth-order valence-corrected chi connectivity index (χ4v) is 1.58. The van der Waals surface area contributed by atoms with E-state index < -0.39 is 6.10 Å². The maximum atomic E-state index is 9.44. The second-order valence-corrected chi connectivity index (χ2v) is 4.10. The van der Waals surface area contributed by atoms with Crippen molar-refractivity contribution in [1.29, 1.82) is 0 Å². The van der Waals surface area contributed by atoms with E-state index in [1.807, 2.05) is 12.1 Å². The molecule has 1 N–H and O–H groups in total. The van der Waals surface area contributed by atoms with Crippen LogP contribution in [0.2, 0.25) is 0 Å². The molecule has 0 spiro atoms. The highest BCUT2D eigenvalue weighted by Gasteiger charge is 2.08. The fraction of sp³-hybridized carbons (Fsp3) is 0.615. The zero-order valence-electron chi connectivity index (χ0n) is 11.3. The van der Waals surface area contributed by atoms with E-state index in [0.717, 1.165) is 24.5 Å². The van der Waals surface area contributed by atoms with E-state index in [1.54, 1.807) is 27.3 Å². The van der Waals surface area contributed by atoms with Gasteiger partial charge in [0.05, 0.1) is 19.3 Å². The third-order valence-corrected chi connectivity index (χ3v) is 2.71. The number of aliphatic hydroxyl groups excluding tert-OH is 1. The average molecular weight is 254 g/mol. The predicted molar refractivity (Wildman–Crippen MR) is 70.8 cm³/mol. The van der Waals surface area contributed by atoms with Crippen LogP contribution in [0.3, 0.4) is 0 Å². The van der Waals surface area contributed by atoms with Gasteiger partial charge in [0.25, 0.3) is 0 Å². The molecular weight excluding hydrogens is 232 g/mol. The molecule has 0 aliphatic rings. The monoisotopic (exact) mass is 254 g/mol. The number of nitrogens with zero attached hydrogens (tertiary/aromatic N) is 2. The van der Waals surface area contributed by atoms with E-state index in [1.165, 1.54) is 0 Å². The van der Waals surface area contributed by atoms with Crippen molar-refractivity contribution in [2.24, 2.45) is 0 Å². The SMILES string of the molecule is COCCN(CCOC)c1ccc([C@@H](C)O)cn1. The van der Waals surface area contributed by atoms with Gasteiger partial charge in [0.1, 0.15) is 5.82 Å². The molecule has 1 heterocycles. The molecule has 0 radical (unpaired) electrons. The van der Waals surface area contributed by atoms with Crippen molar-refractivity contribution in [2.45, 2.75) is 13.0 Å². The maximum absolute atomic E-state index is 9.44. The second-order valence-electron chi connectivity index (χ2n) is 4.10. The van der Waals surface area contributed by atoms with Crippen LogP contribution in [0.15, 0.2) is 18.3 Å². The molecule has 1 aromatic heterocycles. The number of methoxy groups -OCH3 is 2. The first-order chi connectivity index (χ1) is 8.69. The lowest BCUT2D eigenvalue weighted by molar-refractivity contribution is 0.189. The second kappa shape index (κ2) is 8.02. The minimum Gasteiger partial charge on any atom is -0.389 e. The molecule has 0 unspecified atom stereocenters. The largest absolute Gasteiger partial charge is 0.389 e. The summed E-state index contributed by atoms with van der Waals surface area (Å²) in [7, 11) is 3.36. The van der Waals surface area contributed by atoms with Crippen molar-refractivity contribution in [1.82, 2.24) is 4.98 Å². The molecule has 5 nitrogen and oxygen atoms in total. The Morgan fingerprint density at radius 1 is 1.22 bits per heavy atom. The van der Waals surface area contributed by atoms with Gasteiger partial charge in [0.2, 0.25) is 0 Å². The summed E-state index contributed by atoms with van der Waals surface area (Å²) in [5.74, 6) is 0.869. The van der Waals surface area contributed by atoms with Gasteiger partial charge in [0.15, 0.2) is 0 Å². The standard InChI is InChI=1S/C13H22N2O3/c1-11(16)12-4-5-13(14-10-12)15(6-8-17-2)7-9-18-3/h4-5,10-11,16H,6-9H2,1-3H3/t11-/m1/s1. The molecule has 1 aromatic rings. The molecule has 0 aliphatic carbocycles. The Bertz CT molecular complexity index is 320.